The number of primary sulfonamides is 1. The van der Waals surface area contributed by atoms with Gasteiger partial charge in [0.15, 0.2) is 0 Å². The van der Waals surface area contributed by atoms with Crippen molar-refractivity contribution in [3.8, 4) is 0 Å². The third-order valence-corrected chi connectivity index (χ3v) is 4.43. The highest BCUT2D eigenvalue weighted by molar-refractivity contribution is 7.89. The zero-order valence-electron chi connectivity index (χ0n) is 12.8. The van der Waals surface area contributed by atoms with Crippen molar-refractivity contribution < 1.29 is 13.2 Å². The summed E-state index contributed by atoms with van der Waals surface area (Å²) < 4.78 is 22.3. The maximum absolute atomic E-state index is 11.7. The lowest BCUT2D eigenvalue weighted by Crippen LogP contribution is -2.29. The number of benzene rings is 2. The molecule has 0 spiro atoms. The quantitative estimate of drug-likeness (QED) is 0.684. The van der Waals surface area contributed by atoms with E-state index < -0.39 is 10.0 Å². The average Bonchev–Trinajstić information content (AvgIpc) is 2.51. The second-order valence-corrected chi connectivity index (χ2v) is 7.18. The SMILES string of the molecule is NS(=O)(=O)c1ccc(CCCNC(=O)Nc2cccc(Cl)c2)cc1. The topological polar surface area (TPSA) is 101 Å². The minimum Gasteiger partial charge on any atom is -0.338 e. The summed E-state index contributed by atoms with van der Waals surface area (Å²) >= 11 is 5.84. The van der Waals surface area contributed by atoms with Crippen molar-refractivity contribution in [3.63, 3.8) is 0 Å². The van der Waals surface area contributed by atoms with Crippen molar-refractivity contribution in [1.29, 1.82) is 0 Å². The molecule has 2 amide bonds. The molecule has 0 aliphatic rings. The van der Waals surface area contributed by atoms with E-state index >= 15 is 0 Å². The van der Waals surface area contributed by atoms with Crippen LogP contribution in [0.1, 0.15) is 12.0 Å². The molecule has 128 valence electrons. The predicted molar refractivity (Wildman–Crippen MR) is 94.6 cm³/mol. The van der Waals surface area contributed by atoms with Gasteiger partial charge in [-0.25, -0.2) is 18.4 Å². The van der Waals surface area contributed by atoms with Crippen LogP contribution in [-0.4, -0.2) is 21.0 Å². The zero-order valence-corrected chi connectivity index (χ0v) is 14.4. The van der Waals surface area contributed by atoms with E-state index in [2.05, 4.69) is 10.6 Å². The number of carbonyl (C=O) groups is 1. The van der Waals surface area contributed by atoms with E-state index in [0.717, 1.165) is 12.0 Å². The van der Waals surface area contributed by atoms with Crippen LogP contribution in [0.4, 0.5) is 10.5 Å². The van der Waals surface area contributed by atoms with Crippen LogP contribution < -0.4 is 15.8 Å². The van der Waals surface area contributed by atoms with Crippen LogP contribution in [0.15, 0.2) is 53.4 Å². The Kier molecular flexibility index (Phi) is 6.19. The smallest absolute Gasteiger partial charge is 0.319 e. The fourth-order valence-corrected chi connectivity index (χ4v) is 2.79. The highest BCUT2D eigenvalue weighted by Crippen LogP contribution is 2.14. The Labute approximate surface area is 146 Å². The first-order valence-electron chi connectivity index (χ1n) is 7.27. The first-order valence-corrected chi connectivity index (χ1v) is 9.19. The van der Waals surface area contributed by atoms with Crippen molar-refractivity contribution >= 4 is 33.3 Å². The number of sulfonamides is 1. The molecule has 2 aromatic rings. The van der Waals surface area contributed by atoms with E-state index in [4.69, 9.17) is 16.7 Å². The van der Waals surface area contributed by atoms with Gasteiger partial charge in [0, 0.05) is 17.3 Å². The second-order valence-electron chi connectivity index (χ2n) is 5.18. The number of halogens is 1. The fourth-order valence-electron chi connectivity index (χ4n) is 2.08. The second kappa shape index (κ2) is 8.14. The average molecular weight is 368 g/mol. The van der Waals surface area contributed by atoms with Gasteiger partial charge in [-0.2, -0.15) is 0 Å². The highest BCUT2D eigenvalue weighted by Gasteiger charge is 2.06. The number of nitrogens with one attached hydrogen (secondary N) is 2. The number of hydrogen-bond acceptors (Lipinski definition) is 3. The van der Waals surface area contributed by atoms with E-state index in [1.165, 1.54) is 12.1 Å². The zero-order chi connectivity index (χ0) is 17.6. The lowest BCUT2D eigenvalue weighted by molar-refractivity contribution is 0.252. The molecule has 0 saturated heterocycles. The molecule has 4 N–H and O–H groups in total. The molecule has 0 atom stereocenters. The lowest BCUT2D eigenvalue weighted by atomic mass is 10.1. The molecular weight excluding hydrogens is 350 g/mol. The van der Waals surface area contributed by atoms with Gasteiger partial charge in [-0.15, -0.1) is 0 Å². The Bertz CT molecular complexity index is 808. The molecule has 2 rings (SSSR count). The molecule has 0 bridgehead atoms. The van der Waals surface area contributed by atoms with E-state index in [9.17, 15) is 13.2 Å². The van der Waals surface area contributed by atoms with Crippen molar-refractivity contribution in [2.45, 2.75) is 17.7 Å². The van der Waals surface area contributed by atoms with Crippen molar-refractivity contribution in [1.82, 2.24) is 5.32 Å². The molecule has 24 heavy (non-hydrogen) atoms. The molecule has 0 heterocycles. The highest BCUT2D eigenvalue weighted by atomic mass is 35.5. The van der Waals surface area contributed by atoms with Gasteiger partial charge in [-0.05, 0) is 48.7 Å². The number of carbonyl (C=O) groups excluding carboxylic acids is 1. The van der Waals surface area contributed by atoms with Crippen LogP contribution in [0.25, 0.3) is 0 Å². The Morgan fingerprint density at radius 2 is 1.83 bits per heavy atom. The molecule has 0 saturated carbocycles. The third-order valence-electron chi connectivity index (χ3n) is 3.26. The van der Waals surface area contributed by atoms with E-state index in [0.29, 0.717) is 23.7 Å². The van der Waals surface area contributed by atoms with Crippen molar-refractivity contribution in [2.24, 2.45) is 5.14 Å². The van der Waals surface area contributed by atoms with Crippen LogP contribution in [-0.2, 0) is 16.4 Å². The van der Waals surface area contributed by atoms with E-state index in [1.807, 2.05) is 0 Å². The molecule has 0 unspecified atom stereocenters. The van der Waals surface area contributed by atoms with Gasteiger partial charge in [0.05, 0.1) is 4.90 Å². The third kappa shape index (κ3) is 5.84. The minimum absolute atomic E-state index is 0.0882. The standard InChI is InChI=1S/C16H18ClN3O3S/c17-13-4-1-5-14(11-13)20-16(21)19-10-2-3-12-6-8-15(9-7-12)24(18,22)23/h1,4-9,11H,2-3,10H2,(H2,18,22,23)(H2,19,20,21). The van der Waals surface area contributed by atoms with Gasteiger partial charge in [0.1, 0.15) is 0 Å². The number of anilines is 1. The van der Waals surface area contributed by atoms with Gasteiger partial charge in [0.2, 0.25) is 10.0 Å². The molecule has 0 radical (unpaired) electrons. The summed E-state index contributed by atoms with van der Waals surface area (Å²) in [4.78, 5) is 11.8. The molecule has 0 aromatic heterocycles. The van der Waals surface area contributed by atoms with Crippen molar-refractivity contribution in [2.75, 3.05) is 11.9 Å². The Hall–Kier alpha value is -2.09. The Morgan fingerprint density at radius 1 is 1.12 bits per heavy atom. The van der Waals surface area contributed by atoms with Gasteiger partial charge >= 0.3 is 6.03 Å². The van der Waals surface area contributed by atoms with Crippen LogP contribution in [0, 0.1) is 0 Å². The fraction of sp³-hybridized carbons (Fsp3) is 0.188. The Morgan fingerprint density at radius 3 is 2.46 bits per heavy atom. The van der Waals surface area contributed by atoms with E-state index in [-0.39, 0.29) is 10.9 Å². The number of hydrogen-bond donors (Lipinski definition) is 3. The summed E-state index contributed by atoms with van der Waals surface area (Å²) in [6, 6.07) is 13.0. The maximum Gasteiger partial charge on any atom is 0.319 e. The summed E-state index contributed by atoms with van der Waals surface area (Å²) in [7, 11) is -3.66. The summed E-state index contributed by atoms with van der Waals surface area (Å²) in [5.74, 6) is 0. The van der Waals surface area contributed by atoms with Gasteiger partial charge in [0.25, 0.3) is 0 Å². The molecule has 8 heteroatoms. The summed E-state index contributed by atoms with van der Waals surface area (Å²) in [6.45, 7) is 0.489. The molecule has 0 fully saturated rings. The number of aryl methyl sites for hydroxylation is 1. The molecule has 0 aliphatic carbocycles. The lowest BCUT2D eigenvalue weighted by Gasteiger charge is -2.08. The van der Waals surface area contributed by atoms with Crippen LogP contribution in [0.3, 0.4) is 0 Å². The number of amides is 2. The van der Waals surface area contributed by atoms with Gasteiger partial charge in [-0.3, -0.25) is 0 Å². The molecule has 2 aromatic carbocycles. The van der Waals surface area contributed by atoms with Crippen LogP contribution in [0.2, 0.25) is 5.02 Å². The molecule has 6 nitrogen and oxygen atoms in total. The summed E-state index contributed by atoms with van der Waals surface area (Å²) in [6.07, 6.45) is 1.43. The molecule has 0 aliphatic heterocycles. The monoisotopic (exact) mass is 367 g/mol. The summed E-state index contributed by atoms with van der Waals surface area (Å²) in [5.41, 5.74) is 1.60. The largest absolute Gasteiger partial charge is 0.338 e. The Balaban J connectivity index is 1.73. The van der Waals surface area contributed by atoms with Gasteiger partial charge in [-0.1, -0.05) is 29.8 Å². The van der Waals surface area contributed by atoms with Crippen LogP contribution >= 0.6 is 11.6 Å². The number of urea groups is 1. The van der Waals surface area contributed by atoms with Gasteiger partial charge < -0.3 is 10.6 Å². The number of nitrogens with two attached hydrogens (primary N) is 1. The predicted octanol–water partition coefficient (Wildman–Crippen LogP) is 2.74. The minimum atomic E-state index is -3.66. The first kappa shape index (κ1) is 18.3. The first-order chi connectivity index (χ1) is 11.3. The normalized spacial score (nSPS) is 11.1. The number of rotatable bonds is 6. The molecular formula is C16H18ClN3O3S. The summed E-state index contributed by atoms with van der Waals surface area (Å²) in [5, 5.41) is 11.0. The van der Waals surface area contributed by atoms with Crippen molar-refractivity contribution in [3.05, 3.63) is 59.1 Å². The van der Waals surface area contributed by atoms with Crippen LogP contribution in [0.5, 0.6) is 0 Å². The maximum atomic E-state index is 11.7. The van der Waals surface area contributed by atoms with E-state index in [1.54, 1.807) is 36.4 Å².